The van der Waals surface area contributed by atoms with Gasteiger partial charge in [-0.3, -0.25) is 14.4 Å². The predicted octanol–water partition coefficient (Wildman–Crippen LogP) is 4.72. The molecule has 0 bridgehead atoms. The van der Waals surface area contributed by atoms with Gasteiger partial charge in [0.1, 0.15) is 6.04 Å². The second kappa shape index (κ2) is 14.3. The normalized spacial score (nSPS) is 15.0. The lowest BCUT2D eigenvalue weighted by atomic mass is 9.95. The Balaban J connectivity index is 1.57. The first-order chi connectivity index (χ1) is 23.3. The zero-order chi connectivity index (χ0) is 35.3. The number of likely N-dealkylation sites (N-methyl/N-ethyl adjacent to an activating group) is 1. The summed E-state index contributed by atoms with van der Waals surface area (Å²) in [5.41, 5.74) is 7.58. The Morgan fingerprint density at radius 3 is 2.31 bits per heavy atom. The van der Waals surface area contributed by atoms with E-state index in [0.717, 1.165) is 4.90 Å². The number of ether oxygens (including phenoxy) is 2. The molecule has 1 aliphatic heterocycles. The van der Waals surface area contributed by atoms with E-state index < -0.39 is 48.4 Å². The van der Waals surface area contributed by atoms with Gasteiger partial charge in [-0.2, -0.15) is 18.2 Å². The van der Waals surface area contributed by atoms with Crippen molar-refractivity contribution in [2.75, 3.05) is 24.3 Å². The van der Waals surface area contributed by atoms with Crippen LogP contribution >= 0.6 is 0 Å². The number of rotatable bonds is 7. The number of esters is 2. The van der Waals surface area contributed by atoms with E-state index >= 15 is 0 Å². The first-order valence-electron chi connectivity index (χ1n) is 14.7. The molecule has 1 aromatic heterocycles. The van der Waals surface area contributed by atoms with E-state index in [9.17, 15) is 32.3 Å². The molecule has 0 aliphatic carbocycles. The van der Waals surface area contributed by atoms with Crippen LogP contribution in [-0.2, 0) is 19.1 Å². The van der Waals surface area contributed by atoms with E-state index in [0.29, 0.717) is 22.4 Å². The van der Waals surface area contributed by atoms with Crippen molar-refractivity contribution in [3.05, 3.63) is 113 Å². The van der Waals surface area contributed by atoms with Crippen LogP contribution in [0.4, 0.5) is 24.8 Å². The van der Waals surface area contributed by atoms with E-state index in [4.69, 9.17) is 10.5 Å². The number of nitrogens with two attached hydrogens (primary N) is 1. The molecule has 1 aliphatic rings. The number of hydrogen-bond acceptors (Lipinski definition) is 9. The van der Waals surface area contributed by atoms with Crippen molar-refractivity contribution in [1.29, 1.82) is 0 Å². The third-order valence-corrected chi connectivity index (χ3v) is 7.47. The van der Waals surface area contributed by atoms with Crippen LogP contribution in [0.25, 0.3) is 0 Å². The number of benzene rings is 3. The highest BCUT2D eigenvalue weighted by molar-refractivity contribution is 6.11. The van der Waals surface area contributed by atoms with Crippen LogP contribution in [-0.4, -0.2) is 58.5 Å². The molecule has 49 heavy (non-hydrogen) atoms. The first kappa shape index (κ1) is 34.1. The number of aromatic nitrogens is 2. The minimum Gasteiger partial charge on any atom is -0.464 e. The molecule has 11 nitrogen and oxygen atoms in total. The topological polar surface area (TPSA) is 145 Å². The fourth-order valence-corrected chi connectivity index (χ4v) is 5.31. The highest BCUT2D eigenvalue weighted by Crippen LogP contribution is 2.41. The fraction of sp³-hybridized carbons (Fsp3) is 0.200. The molecule has 2 N–H and O–H groups in total. The van der Waals surface area contributed by atoms with Gasteiger partial charge in [-0.1, -0.05) is 72.5 Å². The lowest BCUT2D eigenvalue weighted by Crippen LogP contribution is -2.44. The number of carbonyl (C=O) groups excluding carboxylic acids is 4. The van der Waals surface area contributed by atoms with Crippen molar-refractivity contribution >= 4 is 35.4 Å². The molecule has 4 aromatic rings. The molecule has 14 heteroatoms. The number of alkyl halides is 3. The van der Waals surface area contributed by atoms with E-state index in [1.807, 2.05) is 0 Å². The minimum absolute atomic E-state index is 0.0295. The average Bonchev–Trinajstić information content (AvgIpc) is 3.14. The number of nitrogens with zero attached hydrogens (tertiary/aromatic N) is 4. The maximum atomic E-state index is 14.7. The minimum atomic E-state index is -5.43. The summed E-state index contributed by atoms with van der Waals surface area (Å²) in [5.74, 6) is 0.477. The van der Waals surface area contributed by atoms with Gasteiger partial charge in [0.25, 0.3) is 11.8 Å². The monoisotopic (exact) mass is 671 g/mol. The molecule has 3 aromatic carbocycles. The molecule has 0 fully saturated rings. The van der Waals surface area contributed by atoms with Crippen molar-refractivity contribution in [1.82, 2.24) is 14.9 Å². The molecule has 0 spiro atoms. The van der Waals surface area contributed by atoms with Crippen molar-refractivity contribution in [2.45, 2.75) is 31.6 Å². The Kier molecular flexibility index (Phi) is 9.93. The Morgan fingerprint density at radius 1 is 0.980 bits per heavy atom. The van der Waals surface area contributed by atoms with Gasteiger partial charge < -0.3 is 25.0 Å². The smallest absolute Gasteiger partial charge is 0.464 e. The zero-order valence-corrected chi connectivity index (χ0v) is 26.1. The lowest BCUT2D eigenvalue weighted by Gasteiger charge is -2.36. The number of hydrogen-bond donors (Lipinski definition) is 1. The highest BCUT2D eigenvalue weighted by atomic mass is 19.4. The second-order valence-corrected chi connectivity index (χ2v) is 10.8. The van der Waals surface area contributed by atoms with Crippen LogP contribution in [0.5, 0.6) is 5.88 Å². The molecule has 2 heterocycles. The molecule has 2 amide bonds. The van der Waals surface area contributed by atoms with Crippen LogP contribution in [0.3, 0.4) is 0 Å². The second-order valence-electron chi connectivity index (χ2n) is 10.8. The number of nitrogen functional groups attached to an aromatic ring is 1. The van der Waals surface area contributed by atoms with Crippen LogP contribution in [0, 0.1) is 18.8 Å². The summed E-state index contributed by atoms with van der Waals surface area (Å²) in [6, 6.07) is 19.7. The van der Waals surface area contributed by atoms with E-state index in [2.05, 4.69) is 26.5 Å². The molecule has 2 unspecified atom stereocenters. The molecule has 250 valence electrons. The highest BCUT2D eigenvalue weighted by Gasteiger charge is 2.46. The summed E-state index contributed by atoms with van der Waals surface area (Å²) < 4.78 is 48.6. The van der Waals surface area contributed by atoms with Crippen LogP contribution < -0.4 is 15.4 Å². The number of aryl methyl sites for hydroxylation is 1. The third-order valence-electron chi connectivity index (χ3n) is 7.47. The molecule has 0 saturated carbocycles. The van der Waals surface area contributed by atoms with Crippen LogP contribution in [0.1, 0.15) is 51.2 Å². The van der Waals surface area contributed by atoms with Gasteiger partial charge in [0.2, 0.25) is 11.8 Å². The largest absolute Gasteiger partial charge is 0.491 e. The van der Waals surface area contributed by atoms with Crippen LogP contribution in [0.15, 0.2) is 84.9 Å². The maximum Gasteiger partial charge on any atom is 0.491 e. The van der Waals surface area contributed by atoms with E-state index in [1.54, 1.807) is 85.8 Å². The summed E-state index contributed by atoms with van der Waals surface area (Å²) in [4.78, 5) is 63.7. The Morgan fingerprint density at radius 2 is 1.65 bits per heavy atom. The standard InChI is InChI=1S/C35H28F3N5O6/c1-21-18-28(41-34(39)40-21)48-17-9-10-22-15-16-26-25(19-22)31(45)43(30(32(46)42(26)2)24-13-7-4-8-14-24)27(23-11-5-3-6-12-23)20-29(44)49-33(47)35(36,37)38/h3-8,11-16,18-19,27,30H,17,20H2,1-2H3,(H2,39,40,41). The Hall–Kier alpha value is -6.23. The third kappa shape index (κ3) is 7.84. The number of anilines is 2. The van der Waals surface area contributed by atoms with Crippen molar-refractivity contribution in [3.63, 3.8) is 0 Å². The van der Waals surface area contributed by atoms with Crippen molar-refractivity contribution in [2.24, 2.45) is 0 Å². The molecular formula is C35H28F3N5O6. The van der Waals surface area contributed by atoms with E-state index in [1.165, 1.54) is 18.0 Å². The first-order valence-corrected chi connectivity index (χ1v) is 14.7. The molecule has 0 radical (unpaired) electrons. The number of fused-ring (bicyclic) bond motifs is 1. The van der Waals surface area contributed by atoms with Gasteiger partial charge in [0, 0.05) is 24.4 Å². The maximum absolute atomic E-state index is 14.7. The van der Waals surface area contributed by atoms with Gasteiger partial charge in [0.15, 0.2) is 6.61 Å². The Bertz CT molecular complexity index is 1940. The molecule has 5 rings (SSSR count). The van der Waals surface area contributed by atoms with Gasteiger partial charge in [0.05, 0.1) is 23.7 Å². The SMILES string of the molecule is Cc1cc(OCC#Cc2ccc3c(c2)C(=O)N(C(CC(=O)OC(=O)C(F)(F)F)c2ccccc2)C(c2ccccc2)C(=O)N3C)nc(N)n1. The predicted molar refractivity (Wildman–Crippen MR) is 170 cm³/mol. The van der Waals surface area contributed by atoms with E-state index in [-0.39, 0.29) is 29.7 Å². The number of halogens is 3. The van der Waals surface area contributed by atoms with Gasteiger partial charge in [-0.05, 0) is 36.2 Å². The molecular weight excluding hydrogens is 643 g/mol. The fourth-order valence-electron chi connectivity index (χ4n) is 5.31. The van der Waals surface area contributed by atoms with Gasteiger partial charge >= 0.3 is 18.1 Å². The summed E-state index contributed by atoms with van der Waals surface area (Å²) in [7, 11) is 1.48. The number of amides is 2. The quantitative estimate of drug-likeness (QED) is 0.168. The molecule has 0 saturated heterocycles. The summed E-state index contributed by atoms with van der Waals surface area (Å²) in [6.45, 7) is 1.64. The van der Waals surface area contributed by atoms with Crippen molar-refractivity contribution in [3.8, 4) is 17.7 Å². The Labute approximate surface area is 278 Å². The number of carbonyl (C=O) groups is 4. The summed E-state index contributed by atoms with van der Waals surface area (Å²) in [6.07, 6.45) is -6.30. The lowest BCUT2D eigenvalue weighted by molar-refractivity contribution is -0.202. The summed E-state index contributed by atoms with van der Waals surface area (Å²) >= 11 is 0. The summed E-state index contributed by atoms with van der Waals surface area (Å²) in [5, 5.41) is 0. The molecule has 2 atom stereocenters. The van der Waals surface area contributed by atoms with Crippen LogP contribution in [0.2, 0.25) is 0 Å². The van der Waals surface area contributed by atoms with Gasteiger partial charge in [-0.25, -0.2) is 9.78 Å². The van der Waals surface area contributed by atoms with Crippen molar-refractivity contribution < 1.29 is 41.8 Å². The zero-order valence-electron chi connectivity index (χ0n) is 26.1. The van der Waals surface area contributed by atoms with Gasteiger partial charge in [-0.15, -0.1) is 0 Å². The average molecular weight is 672 g/mol.